The Kier molecular flexibility index (Phi) is 4.97. The predicted molar refractivity (Wildman–Crippen MR) is 77.5 cm³/mol. The van der Waals surface area contributed by atoms with Crippen LogP contribution in [0.1, 0.15) is 11.6 Å². The number of benzene rings is 1. The van der Waals surface area contributed by atoms with Crippen molar-refractivity contribution in [3.05, 3.63) is 29.8 Å². The molecule has 1 aromatic carbocycles. The van der Waals surface area contributed by atoms with Crippen molar-refractivity contribution >= 4 is 29.5 Å². The number of hydrogen-bond acceptors (Lipinski definition) is 4. The summed E-state index contributed by atoms with van der Waals surface area (Å²) in [6.07, 6.45) is 1.99. The van der Waals surface area contributed by atoms with E-state index in [9.17, 15) is 9.90 Å². The van der Waals surface area contributed by atoms with E-state index in [4.69, 9.17) is 0 Å². The van der Waals surface area contributed by atoms with Crippen molar-refractivity contribution in [2.45, 2.75) is 10.9 Å². The number of thioether (sulfide) groups is 2. The summed E-state index contributed by atoms with van der Waals surface area (Å²) in [6, 6.07) is 7.31. The van der Waals surface area contributed by atoms with E-state index in [1.807, 2.05) is 42.3 Å². The lowest BCUT2D eigenvalue weighted by atomic mass is 10.1. The highest BCUT2D eigenvalue weighted by Crippen LogP contribution is 2.31. The molecule has 1 fully saturated rings. The molecular formula is C13H17NO2S2. The molecule has 0 spiro atoms. The minimum absolute atomic E-state index is 0.505. The van der Waals surface area contributed by atoms with E-state index in [0.29, 0.717) is 0 Å². The number of nitrogens with zero attached hydrogens (tertiary/aromatic N) is 1. The number of carboxylic acids is 1. The van der Waals surface area contributed by atoms with Gasteiger partial charge in [-0.3, -0.25) is 9.69 Å². The van der Waals surface area contributed by atoms with E-state index in [1.165, 1.54) is 0 Å². The van der Waals surface area contributed by atoms with Crippen LogP contribution in [-0.2, 0) is 4.79 Å². The SMILES string of the molecule is CSc1ccccc1C(C(=O)O)N1CCSCC1. The molecule has 0 radical (unpaired) electrons. The largest absolute Gasteiger partial charge is 0.480 e. The fourth-order valence-corrected chi connectivity index (χ4v) is 3.78. The first-order valence-electron chi connectivity index (χ1n) is 5.91. The van der Waals surface area contributed by atoms with Gasteiger partial charge in [0, 0.05) is 29.5 Å². The van der Waals surface area contributed by atoms with Gasteiger partial charge in [-0.15, -0.1) is 11.8 Å². The summed E-state index contributed by atoms with van der Waals surface area (Å²) in [4.78, 5) is 14.7. The summed E-state index contributed by atoms with van der Waals surface area (Å²) in [7, 11) is 0. The molecule has 0 aromatic heterocycles. The van der Waals surface area contributed by atoms with Crippen molar-refractivity contribution in [1.29, 1.82) is 0 Å². The number of carboxylic acid groups (broad SMARTS) is 1. The van der Waals surface area contributed by atoms with E-state index >= 15 is 0 Å². The average Bonchev–Trinajstić information content (AvgIpc) is 2.40. The zero-order valence-corrected chi connectivity index (χ0v) is 12.0. The number of aliphatic carboxylic acids is 1. The monoisotopic (exact) mass is 283 g/mol. The first-order chi connectivity index (χ1) is 8.74. The summed E-state index contributed by atoms with van der Waals surface area (Å²) in [6.45, 7) is 1.70. The topological polar surface area (TPSA) is 40.5 Å². The lowest BCUT2D eigenvalue weighted by Gasteiger charge is -2.32. The normalized spacial score (nSPS) is 18.5. The average molecular weight is 283 g/mol. The zero-order valence-electron chi connectivity index (χ0n) is 10.3. The molecule has 0 saturated carbocycles. The van der Waals surface area contributed by atoms with Crippen LogP contribution < -0.4 is 0 Å². The van der Waals surface area contributed by atoms with E-state index in [0.717, 1.165) is 35.1 Å². The van der Waals surface area contributed by atoms with Gasteiger partial charge < -0.3 is 5.11 Å². The van der Waals surface area contributed by atoms with Gasteiger partial charge in [-0.2, -0.15) is 11.8 Å². The number of rotatable bonds is 4. The van der Waals surface area contributed by atoms with Crippen LogP contribution in [0.5, 0.6) is 0 Å². The van der Waals surface area contributed by atoms with Gasteiger partial charge in [0.15, 0.2) is 0 Å². The first kappa shape index (κ1) is 13.8. The molecule has 18 heavy (non-hydrogen) atoms. The Morgan fingerprint density at radius 3 is 2.67 bits per heavy atom. The summed E-state index contributed by atoms with van der Waals surface area (Å²) in [5.74, 6) is 1.29. The summed E-state index contributed by atoms with van der Waals surface area (Å²) in [5, 5.41) is 9.54. The summed E-state index contributed by atoms with van der Waals surface area (Å²) >= 11 is 3.50. The maximum absolute atomic E-state index is 11.6. The molecule has 3 nitrogen and oxygen atoms in total. The fourth-order valence-electron chi connectivity index (χ4n) is 2.21. The van der Waals surface area contributed by atoms with Crippen LogP contribution in [-0.4, -0.2) is 46.8 Å². The minimum Gasteiger partial charge on any atom is -0.480 e. The van der Waals surface area contributed by atoms with Gasteiger partial charge in [0.25, 0.3) is 0 Å². The van der Waals surface area contributed by atoms with Crippen molar-refractivity contribution < 1.29 is 9.90 Å². The fraction of sp³-hybridized carbons (Fsp3) is 0.462. The smallest absolute Gasteiger partial charge is 0.325 e. The molecule has 1 aromatic rings. The second-order valence-electron chi connectivity index (χ2n) is 4.13. The molecule has 5 heteroatoms. The van der Waals surface area contributed by atoms with Crippen LogP contribution in [0.15, 0.2) is 29.2 Å². The maximum atomic E-state index is 11.6. The van der Waals surface area contributed by atoms with Gasteiger partial charge in [-0.05, 0) is 17.9 Å². The standard InChI is InChI=1S/C13H17NO2S2/c1-17-11-5-3-2-4-10(11)12(13(15)16)14-6-8-18-9-7-14/h2-5,12H,6-9H2,1H3,(H,15,16). The van der Waals surface area contributed by atoms with E-state index in [-0.39, 0.29) is 0 Å². The Hall–Kier alpha value is -0.650. The van der Waals surface area contributed by atoms with Crippen molar-refractivity contribution in [2.24, 2.45) is 0 Å². The molecular weight excluding hydrogens is 266 g/mol. The Morgan fingerprint density at radius 1 is 1.39 bits per heavy atom. The number of hydrogen-bond donors (Lipinski definition) is 1. The molecule has 0 aliphatic carbocycles. The summed E-state index contributed by atoms with van der Waals surface area (Å²) in [5.41, 5.74) is 0.921. The van der Waals surface area contributed by atoms with Gasteiger partial charge in [0.2, 0.25) is 0 Å². The van der Waals surface area contributed by atoms with E-state index < -0.39 is 12.0 Å². The lowest BCUT2D eigenvalue weighted by Crippen LogP contribution is -2.40. The maximum Gasteiger partial charge on any atom is 0.325 e. The first-order valence-corrected chi connectivity index (χ1v) is 8.29. The van der Waals surface area contributed by atoms with Crippen LogP contribution in [0.3, 0.4) is 0 Å². The second-order valence-corrected chi connectivity index (χ2v) is 6.20. The molecule has 1 unspecified atom stereocenters. The molecule has 1 N–H and O–H groups in total. The van der Waals surface area contributed by atoms with E-state index in [2.05, 4.69) is 4.90 Å². The van der Waals surface area contributed by atoms with Crippen molar-refractivity contribution in [3.63, 3.8) is 0 Å². The Labute approximate surface area is 116 Å². The van der Waals surface area contributed by atoms with Crippen LogP contribution in [0, 0.1) is 0 Å². The third-order valence-electron chi connectivity index (χ3n) is 3.08. The molecule has 1 saturated heterocycles. The highest BCUT2D eigenvalue weighted by Gasteiger charge is 2.30. The van der Waals surface area contributed by atoms with Crippen LogP contribution >= 0.6 is 23.5 Å². The number of carbonyl (C=O) groups is 1. The van der Waals surface area contributed by atoms with Gasteiger partial charge in [-0.25, -0.2) is 0 Å². The Bertz CT molecular complexity index is 419. The quantitative estimate of drug-likeness (QED) is 0.860. The van der Waals surface area contributed by atoms with Crippen molar-refractivity contribution in [3.8, 4) is 0 Å². The van der Waals surface area contributed by atoms with Gasteiger partial charge in [0.05, 0.1) is 0 Å². The molecule has 0 amide bonds. The summed E-state index contributed by atoms with van der Waals surface area (Å²) < 4.78 is 0. The third-order valence-corrected chi connectivity index (χ3v) is 4.83. The highest BCUT2D eigenvalue weighted by molar-refractivity contribution is 7.99. The van der Waals surface area contributed by atoms with Crippen LogP contribution in [0.4, 0.5) is 0 Å². The van der Waals surface area contributed by atoms with Gasteiger partial charge in [0.1, 0.15) is 6.04 Å². The van der Waals surface area contributed by atoms with Crippen LogP contribution in [0.2, 0.25) is 0 Å². The molecule has 1 heterocycles. The highest BCUT2D eigenvalue weighted by atomic mass is 32.2. The molecule has 1 aliphatic rings. The minimum atomic E-state index is -0.747. The third kappa shape index (κ3) is 3.02. The van der Waals surface area contributed by atoms with Gasteiger partial charge >= 0.3 is 5.97 Å². The Balaban J connectivity index is 2.31. The van der Waals surface area contributed by atoms with Crippen molar-refractivity contribution in [1.82, 2.24) is 4.90 Å². The Morgan fingerprint density at radius 2 is 2.06 bits per heavy atom. The second kappa shape index (κ2) is 6.50. The molecule has 2 rings (SSSR count). The molecule has 0 bridgehead atoms. The van der Waals surface area contributed by atoms with Crippen LogP contribution in [0.25, 0.3) is 0 Å². The zero-order chi connectivity index (χ0) is 13.0. The molecule has 98 valence electrons. The predicted octanol–water partition coefficient (Wildman–Crippen LogP) is 2.58. The molecule has 1 atom stereocenters. The van der Waals surface area contributed by atoms with Gasteiger partial charge in [-0.1, -0.05) is 18.2 Å². The molecule has 1 aliphatic heterocycles. The van der Waals surface area contributed by atoms with Crippen molar-refractivity contribution in [2.75, 3.05) is 30.9 Å². The lowest BCUT2D eigenvalue weighted by molar-refractivity contribution is -0.143. The van der Waals surface area contributed by atoms with E-state index in [1.54, 1.807) is 11.8 Å².